The van der Waals surface area contributed by atoms with Crippen LogP contribution in [0.2, 0.25) is 0 Å². The predicted octanol–water partition coefficient (Wildman–Crippen LogP) is 7.55. The third kappa shape index (κ3) is 3.00. The summed E-state index contributed by atoms with van der Waals surface area (Å²) in [6, 6.07) is 30.5. The minimum absolute atomic E-state index is 0.479. The Bertz CT molecular complexity index is 1640. The van der Waals surface area contributed by atoms with E-state index in [0.717, 1.165) is 23.1 Å². The van der Waals surface area contributed by atoms with Crippen molar-refractivity contribution < 1.29 is 0 Å². The van der Waals surface area contributed by atoms with Gasteiger partial charge in [0, 0.05) is 28.4 Å². The zero-order chi connectivity index (χ0) is 23.2. The van der Waals surface area contributed by atoms with Gasteiger partial charge in [0.05, 0.1) is 16.9 Å². The molecule has 34 heavy (non-hydrogen) atoms. The van der Waals surface area contributed by atoms with Gasteiger partial charge in [0.1, 0.15) is 0 Å². The Labute approximate surface area is 200 Å². The van der Waals surface area contributed by atoms with Crippen LogP contribution in [0.3, 0.4) is 0 Å². The van der Waals surface area contributed by atoms with Crippen LogP contribution >= 0.6 is 0 Å². The van der Waals surface area contributed by atoms with Crippen molar-refractivity contribution in [1.29, 1.82) is 0 Å². The van der Waals surface area contributed by atoms with Gasteiger partial charge in [0.25, 0.3) is 0 Å². The lowest BCUT2D eigenvalue weighted by Gasteiger charge is -2.23. The lowest BCUT2D eigenvalue weighted by molar-refractivity contribution is 1.12. The molecule has 0 bridgehead atoms. The van der Waals surface area contributed by atoms with Gasteiger partial charge in [-0.3, -0.25) is 0 Å². The molecule has 5 aromatic rings. The van der Waals surface area contributed by atoms with Gasteiger partial charge in [0.15, 0.2) is 0 Å². The fraction of sp³-hybridized carbons (Fsp3) is 0.0625. The molecule has 1 aromatic heterocycles. The number of aromatic nitrogens is 1. The van der Waals surface area contributed by atoms with Gasteiger partial charge >= 0.3 is 0 Å². The summed E-state index contributed by atoms with van der Waals surface area (Å²) in [5.41, 5.74) is 16.8. The molecule has 2 N–H and O–H groups in total. The first-order valence-electron chi connectivity index (χ1n) is 11.7. The maximum absolute atomic E-state index is 6.04. The van der Waals surface area contributed by atoms with Crippen molar-refractivity contribution >= 4 is 32.8 Å². The SMILES string of the molecule is C=C/C=C(\CN)c1ccc2c(c1)CC(=C)c1c-2n(-c2cccc3ccccc23)c2ccccc12. The van der Waals surface area contributed by atoms with Gasteiger partial charge < -0.3 is 10.3 Å². The van der Waals surface area contributed by atoms with Gasteiger partial charge in [-0.2, -0.15) is 0 Å². The zero-order valence-corrected chi connectivity index (χ0v) is 19.1. The number of allylic oxidation sites excluding steroid dienone is 3. The molecular formula is C32H26N2. The van der Waals surface area contributed by atoms with E-state index in [2.05, 4.69) is 103 Å². The van der Waals surface area contributed by atoms with E-state index >= 15 is 0 Å². The third-order valence-corrected chi connectivity index (χ3v) is 6.91. The Morgan fingerprint density at radius 3 is 2.50 bits per heavy atom. The molecule has 1 aliphatic carbocycles. The number of nitrogens with two attached hydrogens (primary N) is 1. The van der Waals surface area contributed by atoms with E-state index in [9.17, 15) is 0 Å². The van der Waals surface area contributed by atoms with Crippen LogP contribution in [0.15, 0.2) is 110 Å². The molecule has 0 saturated carbocycles. The Morgan fingerprint density at radius 2 is 1.68 bits per heavy atom. The lowest BCUT2D eigenvalue weighted by atomic mass is 9.84. The summed E-state index contributed by atoms with van der Waals surface area (Å²) < 4.78 is 2.43. The summed E-state index contributed by atoms with van der Waals surface area (Å²) >= 11 is 0. The molecule has 2 heteroatoms. The number of hydrogen-bond donors (Lipinski definition) is 1. The van der Waals surface area contributed by atoms with Gasteiger partial charge in [0.2, 0.25) is 0 Å². The number of benzene rings is 4. The topological polar surface area (TPSA) is 30.9 Å². The van der Waals surface area contributed by atoms with Crippen LogP contribution in [0.25, 0.3) is 49.8 Å². The number of fused-ring (bicyclic) bond motifs is 6. The van der Waals surface area contributed by atoms with Crippen LogP contribution in [-0.2, 0) is 6.42 Å². The van der Waals surface area contributed by atoms with E-state index in [1.165, 1.54) is 49.7 Å². The lowest BCUT2D eigenvalue weighted by Crippen LogP contribution is -2.08. The number of nitrogens with zero attached hydrogens (tertiary/aromatic N) is 1. The maximum Gasteiger partial charge on any atom is 0.0619 e. The summed E-state index contributed by atoms with van der Waals surface area (Å²) in [5, 5.41) is 3.72. The second-order valence-electron chi connectivity index (χ2n) is 8.86. The van der Waals surface area contributed by atoms with Crippen LogP contribution in [0.4, 0.5) is 0 Å². The van der Waals surface area contributed by atoms with Crippen LogP contribution in [0.1, 0.15) is 16.7 Å². The minimum Gasteiger partial charge on any atom is -0.326 e. The highest BCUT2D eigenvalue weighted by Crippen LogP contribution is 2.46. The summed E-state index contributed by atoms with van der Waals surface area (Å²) in [6.45, 7) is 8.86. The van der Waals surface area contributed by atoms with Gasteiger partial charge in [-0.1, -0.05) is 98.1 Å². The summed E-state index contributed by atoms with van der Waals surface area (Å²) in [7, 11) is 0. The molecule has 1 aliphatic rings. The average molecular weight is 439 g/mol. The first-order valence-corrected chi connectivity index (χ1v) is 11.7. The molecule has 0 amide bonds. The van der Waals surface area contributed by atoms with E-state index in [0.29, 0.717) is 6.54 Å². The van der Waals surface area contributed by atoms with Crippen molar-refractivity contribution in [3.63, 3.8) is 0 Å². The highest BCUT2D eigenvalue weighted by atomic mass is 15.0. The first-order chi connectivity index (χ1) is 16.7. The summed E-state index contributed by atoms with van der Waals surface area (Å²) in [6.07, 6.45) is 4.63. The van der Waals surface area contributed by atoms with Crippen LogP contribution < -0.4 is 5.73 Å². The Balaban J connectivity index is 1.70. The molecule has 0 fully saturated rings. The zero-order valence-electron chi connectivity index (χ0n) is 19.1. The molecule has 0 aliphatic heterocycles. The smallest absolute Gasteiger partial charge is 0.0619 e. The Morgan fingerprint density at radius 1 is 0.912 bits per heavy atom. The molecule has 0 spiro atoms. The third-order valence-electron chi connectivity index (χ3n) is 6.91. The highest BCUT2D eigenvalue weighted by Gasteiger charge is 2.28. The largest absolute Gasteiger partial charge is 0.326 e. The Kier molecular flexibility index (Phi) is 4.83. The van der Waals surface area contributed by atoms with Crippen molar-refractivity contribution in [3.05, 3.63) is 127 Å². The van der Waals surface area contributed by atoms with E-state index in [4.69, 9.17) is 5.73 Å². The summed E-state index contributed by atoms with van der Waals surface area (Å²) in [4.78, 5) is 0. The van der Waals surface area contributed by atoms with Gasteiger partial charge in [-0.15, -0.1) is 0 Å². The van der Waals surface area contributed by atoms with E-state index in [1.807, 2.05) is 6.08 Å². The molecule has 0 saturated heterocycles. The fourth-order valence-corrected chi connectivity index (χ4v) is 5.42. The second-order valence-corrected chi connectivity index (χ2v) is 8.86. The van der Waals surface area contributed by atoms with Crippen molar-refractivity contribution in [2.75, 3.05) is 6.54 Å². The Hall–Kier alpha value is -4.14. The molecule has 4 aromatic carbocycles. The molecule has 0 radical (unpaired) electrons. The molecule has 0 unspecified atom stereocenters. The van der Waals surface area contributed by atoms with Gasteiger partial charge in [-0.25, -0.2) is 0 Å². The van der Waals surface area contributed by atoms with Crippen molar-refractivity contribution in [3.8, 4) is 16.9 Å². The van der Waals surface area contributed by atoms with Gasteiger partial charge in [-0.05, 0) is 46.2 Å². The molecule has 2 nitrogen and oxygen atoms in total. The van der Waals surface area contributed by atoms with Crippen molar-refractivity contribution in [2.24, 2.45) is 5.73 Å². The fourth-order valence-electron chi connectivity index (χ4n) is 5.42. The molecule has 1 heterocycles. The van der Waals surface area contributed by atoms with E-state index in [-0.39, 0.29) is 0 Å². The van der Waals surface area contributed by atoms with Crippen molar-refractivity contribution in [2.45, 2.75) is 6.42 Å². The summed E-state index contributed by atoms with van der Waals surface area (Å²) in [5.74, 6) is 0. The molecular weight excluding hydrogens is 412 g/mol. The molecule has 164 valence electrons. The first kappa shape index (κ1) is 20.5. The number of para-hydroxylation sites is 1. The predicted molar refractivity (Wildman–Crippen MR) is 146 cm³/mol. The highest BCUT2D eigenvalue weighted by molar-refractivity contribution is 6.06. The molecule has 0 atom stereocenters. The normalized spacial score (nSPS) is 13.2. The second kappa shape index (κ2) is 8.02. The van der Waals surface area contributed by atoms with Crippen LogP contribution in [-0.4, -0.2) is 11.1 Å². The van der Waals surface area contributed by atoms with Crippen molar-refractivity contribution in [1.82, 2.24) is 4.57 Å². The average Bonchev–Trinajstić information content (AvgIpc) is 3.22. The van der Waals surface area contributed by atoms with E-state index in [1.54, 1.807) is 6.08 Å². The minimum atomic E-state index is 0.479. The van der Waals surface area contributed by atoms with Crippen LogP contribution in [0.5, 0.6) is 0 Å². The molecule has 6 rings (SSSR count). The monoisotopic (exact) mass is 438 g/mol. The standard InChI is InChI=1S/C32H26N2/c1-3-9-24(20-33)23-16-17-27-25(19-23)18-21(2)31-28-13-6-7-14-30(28)34(32(27)31)29-15-8-11-22-10-4-5-12-26(22)29/h3-17,19H,1-2,18,20,33H2/b24-9+. The number of hydrogen-bond acceptors (Lipinski definition) is 1. The van der Waals surface area contributed by atoms with Crippen LogP contribution in [0, 0.1) is 0 Å². The van der Waals surface area contributed by atoms with E-state index < -0.39 is 0 Å². The number of rotatable bonds is 4. The quantitative estimate of drug-likeness (QED) is 0.289. The maximum atomic E-state index is 6.04.